The molecule has 4 aromatic carbocycles. The Balaban J connectivity index is 1.55. The van der Waals surface area contributed by atoms with Crippen molar-refractivity contribution >= 4 is 43.2 Å². The topological polar surface area (TPSA) is 12.9 Å². The Morgan fingerprint density at radius 1 is 0.655 bits per heavy atom. The van der Waals surface area contributed by atoms with Gasteiger partial charge in [-0.2, -0.15) is 0 Å². The van der Waals surface area contributed by atoms with Crippen LogP contribution in [0.2, 0.25) is 0 Å². The van der Waals surface area contributed by atoms with Gasteiger partial charge in [-0.3, -0.25) is 4.98 Å². The van der Waals surface area contributed by atoms with Gasteiger partial charge in [0.2, 0.25) is 0 Å². The van der Waals surface area contributed by atoms with Crippen LogP contribution in [0.25, 0.3) is 43.2 Å². The highest BCUT2D eigenvalue weighted by Crippen LogP contribution is 2.57. The highest BCUT2D eigenvalue weighted by molar-refractivity contribution is 6.28. The largest absolute Gasteiger partial charge is 0.255 e. The van der Waals surface area contributed by atoms with Gasteiger partial charge in [0.25, 0.3) is 0 Å². The summed E-state index contributed by atoms with van der Waals surface area (Å²) in [4.78, 5) is 5.14. The molecule has 2 saturated carbocycles. The van der Waals surface area contributed by atoms with Crippen molar-refractivity contribution in [2.75, 3.05) is 0 Å². The van der Waals surface area contributed by atoms with Gasteiger partial charge in [-0.25, -0.2) is 0 Å². The van der Waals surface area contributed by atoms with Crippen LogP contribution in [0.3, 0.4) is 0 Å². The molecule has 1 nitrogen and oxygen atoms in total. The van der Waals surface area contributed by atoms with Crippen molar-refractivity contribution in [2.45, 2.75) is 43.9 Å². The molecule has 4 aliphatic carbocycles. The number of hydrogen-bond acceptors (Lipinski definition) is 1. The maximum atomic E-state index is 5.14. The molecule has 4 bridgehead atoms. The Kier molecular flexibility index (Phi) is 2.66. The van der Waals surface area contributed by atoms with Crippen LogP contribution in [0.4, 0.5) is 0 Å². The first-order valence-corrected chi connectivity index (χ1v) is 11.3. The van der Waals surface area contributed by atoms with Gasteiger partial charge in [0.15, 0.2) is 0 Å². The number of fused-ring (bicyclic) bond motifs is 2. The van der Waals surface area contributed by atoms with Gasteiger partial charge in [-0.05, 0) is 99.9 Å². The summed E-state index contributed by atoms with van der Waals surface area (Å²) in [5.41, 5.74) is 4.51. The second-order valence-electron chi connectivity index (χ2n) is 10.1. The van der Waals surface area contributed by atoms with Crippen LogP contribution in [0, 0.1) is 11.8 Å². The Morgan fingerprint density at radius 3 is 2.21 bits per heavy atom. The van der Waals surface area contributed by atoms with E-state index in [1.54, 1.807) is 11.1 Å². The van der Waals surface area contributed by atoms with Crippen LogP contribution in [0.15, 0.2) is 54.7 Å². The van der Waals surface area contributed by atoms with Crippen molar-refractivity contribution in [3.05, 3.63) is 65.9 Å². The minimum absolute atomic E-state index is 0.750. The number of pyridine rings is 1. The molecule has 140 valence electrons. The van der Waals surface area contributed by atoms with E-state index in [1.807, 2.05) is 0 Å². The molecule has 0 aliphatic heterocycles. The molecular weight excluding hydrogens is 350 g/mol. The smallest absolute Gasteiger partial charge is 0.0784 e. The normalized spacial score (nSPS) is 28.0. The molecule has 1 heterocycles. The van der Waals surface area contributed by atoms with E-state index in [-0.39, 0.29) is 0 Å². The number of hydrogen-bond donors (Lipinski definition) is 0. The average molecular weight is 373 g/mol. The van der Waals surface area contributed by atoms with E-state index >= 15 is 0 Å². The fraction of sp³-hybridized carbons (Fsp3) is 0.321. The van der Waals surface area contributed by atoms with Gasteiger partial charge in [-0.1, -0.05) is 42.5 Å². The number of rotatable bonds is 0. The number of aromatic nitrogens is 1. The lowest BCUT2D eigenvalue weighted by Crippen LogP contribution is -2.25. The molecule has 0 amide bonds. The van der Waals surface area contributed by atoms with Crippen molar-refractivity contribution in [1.82, 2.24) is 4.98 Å². The molecule has 4 aliphatic rings. The van der Waals surface area contributed by atoms with Gasteiger partial charge in [0.1, 0.15) is 0 Å². The maximum absolute atomic E-state index is 5.14. The van der Waals surface area contributed by atoms with Crippen molar-refractivity contribution < 1.29 is 0 Å². The summed E-state index contributed by atoms with van der Waals surface area (Å²) in [6.07, 6.45) is 9.39. The van der Waals surface area contributed by atoms with Crippen LogP contribution in [-0.4, -0.2) is 4.98 Å². The second-order valence-corrected chi connectivity index (χ2v) is 10.1. The average Bonchev–Trinajstić information content (AvgIpc) is 2.92. The van der Waals surface area contributed by atoms with Crippen molar-refractivity contribution in [3.8, 4) is 0 Å². The Bertz CT molecular complexity index is 1430. The lowest BCUT2D eigenvalue weighted by Gasteiger charge is -2.38. The highest BCUT2D eigenvalue weighted by Gasteiger charge is 2.42. The molecular formula is C28H23N. The molecule has 0 radical (unpaired) electrons. The van der Waals surface area contributed by atoms with Crippen LogP contribution in [0.5, 0.6) is 0 Å². The lowest BCUT2D eigenvalue weighted by molar-refractivity contribution is 0.166. The van der Waals surface area contributed by atoms with E-state index in [0.29, 0.717) is 0 Å². The van der Waals surface area contributed by atoms with E-state index < -0.39 is 0 Å². The van der Waals surface area contributed by atoms with Gasteiger partial charge in [0.05, 0.1) is 5.52 Å². The summed E-state index contributed by atoms with van der Waals surface area (Å²) >= 11 is 0. The van der Waals surface area contributed by atoms with Gasteiger partial charge < -0.3 is 0 Å². The monoisotopic (exact) mass is 373 g/mol. The van der Waals surface area contributed by atoms with Crippen LogP contribution in [-0.2, 0) is 0 Å². The van der Waals surface area contributed by atoms with E-state index in [2.05, 4.69) is 54.7 Å². The minimum atomic E-state index is 0.750. The molecule has 1 heteroatoms. The molecule has 5 aromatic rings. The van der Waals surface area contributed by atoms with E-state index in [4.69, 9.17) is 4.98 Å². The fourth-order valence-electron chi connectivity index (χ4n) is 7.62. The van der Waals surface area contributed by atoms with Crippen LogP contribution < -0.4 is 0 Å². The third kappa shape index (κ3) is 1.85. The Labute approximate surface area is 170 Å². The summed E-state index contributed by atoms with van der Waals surface area (Å²) in [5, 5.41) is 9.66. The van der Waals surface area contributed by atoms with Crippen LogP contribution >= 0.6 is 0 Å². The summed E-state index contributed by atoms with van der Waals surface area (Å²) < 4.78 is 0. The Hall–Kier alpha value is -2.67. The van der Waals surface area contributed by atoms with E-state index in [1.165, 1.54) is 75.3 Å². The summed E-state index contributed by atoms with van der Waals surface area (Å²) in [6, 6.07) is 18.4. The number of benzene rings is 4. The zero-order valence-electron chi connectivity index (χ0n) is 16.5. The zero-order chi connectivity index (χ0) is 18.7. The predicted molar refractivity (Wildman–Crippen MR) is 121 cm³/mol. The maximum Gasteiger partial charge on any atom is 0.0784 e. The minimum Gasteiger partial charge on any atom is -0.255 e. The number of nitrogens with zero attached hydrogens (tertiary/aromatic N) is 1. The van der Waals surface area contributed by atoms with Crippen LogP contribution in [0.1, 0.15) is 55.1 Å². The molecule has 1 aromatic heterocycles. The molecule has 29 heavy (non-hydrogen) atoms. The van der Waals surface area contributed by atoms with Gasteiger partial charge in [0, 0.05) is 17.0 Å². The van der Waals surface area contributed by atoms with Gasteiger partial charge >= 0.3 is 0 Å². The van der Waals surface area contributed by atoms with Gasteiger partial charge in [-0.15, -0.1) is 0 Å². The molecule has 2 atom stereocenters. The summed E-state index contributed by atoms with van der Waals surface area (Å²) in [7, 11) is 0. The first-order valence-electron chi connectivity index (χ1n) is 11.3. The summed E-state index contributed by atoms with van der Waals surface area (Å²) in [6.45, 7) is 0. The third-order valence-electron chi connectivity index (χ3n) is 8.54. The lowest BCUT2D eigenvalue weighted by atomic mass is 9.67. The second kappa shape index (κ2) is 5.08. The van der Waals surface area contributed by atoms with Crippen molar-refractivity contribution in [1.29, 1.82) is 0 Å². The predicted octanol–water partition coefficient (Wildman–Crippen LogP) is 7.52. The first-order chi connectivity index (χ1) is 14.3. The fourth-order valence-corrected chi connectivity index (χ4v) is 7.62. The zero-order valence-corrected chi connectivity index (χ0v) is 16.5. The summed E-state index contributed by atoms with van der Waals surface area (Å²) in [5.74, 6) is 3.40. The SMILES string of the molecule is c1cc2ccc3cc4c5c(cnc4c4ccc(c1)c2c34)C1CC2CC(C1)CC5C2. The molecule has 0 spiro atoms. The van der Waals surface area contributed by atoms with Crippen molar-refractivity contribution in [2.24, 2.45) is 11.8 Å². The molecule has 9 rings (SSSR count). The third-order valence-corrected chi connectivity index (χ3v) is 8.54. The Morgan fingerprint density at radius 2 is 1.38 bits per heavy atom. The first kappa shape index (κ1) is 15.2. The van der Waals surface area contributed by atoms with Crippen molar-refractivity contribution in [3.63, 3.8) is 0 Å². The molecule has 0 saturated heterocycles. The highest BCUT2D eigenvalue weighted by atomic mass is 14.7. The van der Waals surface area contributed by atoms with E-state index in [0.717, 1.165) is 23.7 Å². The molecule has 0 N–H and O–H groups in total. The van der Waals surface area contributed by atoms with E-state index in [9.17, 15) is 0 Å². The quantitative estimate of drug-likeness (QED) is 0.202. The standard InChI is InChI=1S/C28H23N/c1-2-17-4-5-19-13-23-26-21-11-15-8-16(12-21)10-20(9-15)24(26)14-29-28(23)22-7-6-18(3-1)25(17)27(19)22/h1-7,13-16,20-21H,8-12H2. The molecule has 2 unspecified atom stereocenters. The molecule has 2 fully saturated rings.